The van der Waals surface area contributed by atoms with E-state index in [2.05, 4.69) is 36.4 Å². The van der Waals surface area contributed by atoms with Crippen molar-refractivity contribution in [3.63, 3.8) is 0 Å². The van der Waals surface area contributed by atoms with E-state index in [0.29, 0.717) is 6.54 Å². The molecule has 168 valence electrons. The van der Waals surface area contributed by atoms with Gasteiger partial charge in [0, 0.05) is 18.8 Å². The highest BCUT2D eigenvalue weighted by Crippen LogP contribution is 2.41. The first kappa shape index (κ1) is 21.4. The molecule has 0 aliphatic carbocycles. The number of β-amino-alcohol motifs (C(OH)–C–C–N with tert-alkyl or cyclic N) is 1. The van der Waals surface area contributed by atoms with Gasteiger partial charge in [-0.3, -0.25) is 4.68 Å². The Kier molecular flexibility index (Phi) is 5.51. The molecular formula is C28H28FN3O. The molecule has 5 heteroatoms. The fourth-order valence-electron chi connectivity index (χ4n) is 4.94. The molecule has 0 radical (unpaired) electrons. The largest absolute Gasteiger partial charge is 0.385 e. The summed E-state index contributed by atoms with van der Waals surface area (Å²) in [5.41, 5.74) is 1.19. The van der Waals surface area contributed by atoms with E-state index in [1.807, 2.05) is 76.4 Å². The van der Waals surface area contributed by atoms with Gasteiger partial charge in [0.1, 0.15) is 17.3 Å². The number of alkyl halides is 1. The molecule has 1 saturated heterocycles. The molecule has 0 amide bonds. The molecule has 1 aliphatic rings. The second-order valence-electron chi connectivity index (χ2n) is 8.96. The summed E-state index contributed by atoms with van der Waals surface area (Å²) in [5, 5.41) is 15.6. The van der Waals surface area contributed by atoms with Crippen molar-refractivity contribution in [2.24, 2.45) is 0 Å². The SMILES string of the molecule is CC1(O)CN(c2ccn(C(c3ccccc3)(c3ccccc3)c3ccccc3)n2)CCC1F. The van der Waals surface area contributed by atoms with E-state index >= 15 is 0 Å². The second-order valence-corrected chi connectivity index (χ2v) is 8.96. The van der Waals surface area contributed by atoms with Crippen molar-refractivity contribution in [2.45, 2.75) is 30.7 Å². The van der Waals surface area contributed by atoms with Gasteiger partial charge in [0.2, 0.25) is 0 Å². The average Bonchev–Trinajstić information content (AvgIpc) is 3.34. The maximum Gasteiger partial charge on any atom is 0.150 e. The first-order valence-electron chi connectivity index (χ1n) is 11.4. The molecule has 5 rings (SSSR count). The number of nitrogens with zero attached hydrogens (tertiary/aromatic N) is 3. The van der Waals surface area contributed by atoms with E-state index in [1.165, 1.54) is 0 Å². The maximum absolute atomic E-state index is 14.2. The van der Waals surface area contributed by atoms with Gasteiger partial charge in [0.05, 0.1) is 6.54 Å². The highest BCUT2D eigenvalue weighted by atomic mass is 19.1. The van der Waals surface area contributed by atoms with Crippen LogP contribution < -0.4 is 4.90 Å². The number of aromatic nitrogens is 2. The van der Waals surface area contributed by atoms with Crippen molar-refractivity contribution in [1.82, 2.24) is 9.78 Å². The average molecular weight is 442 g/mol. The van der Waals surface area contributed by atoms with Gasteiger partial charge in [-0.2, -0.15) is 5.10 Å². The van der Waals surface area contributed by atoms with Crippen LogP contribution >= 0.6 is 0 Å². The van der Waals surface area contributed by atoms with E-state index in [4.69, 9.17) is 5.10 Å². The van der Waals surface area contributed by atoms with Gasteiger partial charge in [-0.1, -0.05) is 91.0 Å². The van der Waals surface area contributed by atoms with E-state index in [1.54, 1.807) is 6.92 Å². The van der Waals surface area contributed by atoms with Crippen LogP contribution in [0.4, 0.5) is 10.2 Å². The zero-order valence-electron chi connectivity index (χ0n) is 18.7. The second kappa shape index (κ2) is 8.49. The van der Waals surface area contributed by atoms with Crippen LogP contribution in [0.15, 0.2) is 103 Å². The molecule has 4 aromatic rings. The Bertz CT molecular complexity index is 1090. The van der Waals surface area contributed by atoms with Crippen LogP contribution in [-0.2, 0) is 5.54 Å². The van der Waals surface area contributed by atoms with Crippen LogP contribution in [0.3, 0.4) is 0 Å². The Balaban J connectivity index is 1.70. The topological polar surface area (TPSA) is 41.3 Å². The Morgan fingerprint density at radius 3 is 1.79 bits per heavy atom. The lowest BCUT2D eigenvalue weighted by molar-refractivity contribution is -0.0278. The van der Waals surface area contributed by atoms with Crippen LogP contribution in [-0.4, -0.2) is 39.7 Å². The third-order valence-electron chi connectivity index (χ3n) is 6.66. The Labute approximate surface area is 193 Å². The molecule has 0 bridgehead atoms. The van der Waals surface area contributed by atoms with Gasteiger partial charge < -0.3 is 10.0 Å². The van der Waals surface area contributed by atoms with Crippen LogP contribution in [0.1, 0.15) is 30.0 Å². The van der Waals surface area contributed by atoms with Gasteiger partial charge in [-0.15, -0.1) is 0 Å². The normalized spacial score (nSPS) is 21.2. The minimum absolute atomic E-state index is 0.209. The van der Waals surface area contributed by atoms with Crippen molar-refractivity contribution in [1.29, 1.82) is 0 Å². The molecule has 1 N–H and O–H groups in total. The molecule has 0 spiro atoms. The zero-order chi connectivity index (χ0) is 22.9. The molecule has 3 aromatic carbocycles. The summed E-state index contributed by atoms with van der Waals surface area (Å²) in [7, 11) is 0. The summed E-state index contributed by atoms with van der Waals surface area (Å²) in [4.78, 5) is 1.97. The number of halogens is 1. The molecule has 0 saturated carbocycles. The van der Waals surface area contributed by atoms with Gasteiger partial charge in [0.15, 0.2) is 5.82 Å². The lowest BCUT2D eigenvalue weighted by Gasteiger charge is -2.39. The standard InChI is InChI=1S/C28H28FN3O/c1-27(33)21-31(19-17-25(27)29)26-18-20-32(30-26)28(22-11-5-2-6-12-22,23-13-7-3-8-14-23)24-15-9-4-10-16-24/h2-16,18,20,25,33H,17,19,21H2,1H3. The summed E-state index contributed by atoms with van der Waals surface area (Å²) in [6.07, 6.45) is 1.03. The van der Waals surface area contributed by atoms with Crippen molar-refractivity contribution >= 4 is 5.82 Å². The van der Waals surface area contributed by atoms with Gasteiger partial charge >= 0.3 is 0 Å². The van der Waals surface area contributed by atoms with Crippen LogP contribution in [0.25, 0.3) is 0 Å². The molecule has 2 atom stereocenters. The zero-order valence-corrected chi connectivity index (χ0v) is 18.7. The van der Waals surface area contributed by atoms with Crippen molar-refractivity contribution in [2.75, 3.05) is 18.0 Å². The molecule has 2 unspecified atom stereocenters. The molecule has 2 heterocycles. The van der Waals surface area contributed by atoms with E-state index in [-0.39, 0.29) is 13.0 Å². The highest BCUT2D eigenvalue weighted by Gasteiger charge is 2.41. The number of piperidine rings is 1. The number of anilines is 1. The van der Waals surface area contributed by atoms with Crippen LogP contribution in [0, 0.1) is 0 Å². The van der Waals surface area contributed by atoms with Gasteiger partial charge in [0.25, 0.3) is 0 Å². The van der Waals surface area contributed by atoms with E-state index in [0.717, 1.165) is 22.5 Å². The molecule has 4 nitrogen and oxygen atoms in total. The van der Waals surface area contributed by atoms with Gasteiger partial charge in [-0.25, -0.2) is 4.39 Å². The molecule has 1 aliphatic heterocycles. The van der Waals surface area contributed by atoms with Crippen molar-refractivity contribution in [3.8, 4) is 0 Å². The predicted octanol–water partition coefficient (Wildman–Crippen LogP) is 5.02. The third-order valence-corrected chi connectivity index (χ3v) is 6.66. The molecule has 1 aromatic heterocycles. The lowest BCUT2D eigenvalue weighted by Crippen LogP contribution is -2.53. The first-order chi connectivity index (χ1) is 16.0. The maximum atomic E-state index is 14.2. The minimum Gasteiger partial charge on any atom is -0.385 e. The van der Waals surface area contributed by atoms with Crippen molar-refractivity contribution in [3.05, 3.63) is 120 Å². The van der Waals surface area contributed by atoms with Crippen molar-refractivity contribution < 1.29 is 9.50 Å². The number of hydrogen-bond acceptors (Lipinski definition) is 3. The van der Waals surface area contributed by atoms with Crippen LogP contribution in [0.2, 0.25) is 0 Å². The Morgan fingerprint density at radius 2 is 1.33 bits per heavy atom. The fourth-order valence-corrected chi connectivity index (χ4v) is 4.94. The summed E-state index contributed by atoms with van der Waals surface area (Å²) in [5.74, 6) is 0.731. The Morgan fingerprint density at radius 1 is 0.848 bits per heavy atom. The number of benzene rings is 3. The summed E-state index contributed by atoms with van der Waals surface area (Å²) < 4.78 is 16.2. The Hall–Kier alpha value is -3.44. The minimum atomic E-state index is -1.39. The van der Waals surface area contributed by atoms with E-state index in [9.17, 15) is 9.50 Å². The number of rotatable bonds is 5. The molecule has 1 fully saturated rings. The van der Waals surface area contributed by atoms with Crippen LogP contribution in [0.5, 0.6) is 0 Å². The fraction of sp³-hybridized carbons (Fsp3) is 0.250. The first-order valence-corrected chi connectivity index (χ1v) is 11.4. The molecular weight excluding hydrogens is 413 g/mol. The van der Waals surface area contributed by atoms with E-state index < -0.39 is 17.3 Å². The highest BCUT2D eigenvalue weighted by molar-refractivity contribution is 5.51. The third kappa shape index (κ3) is 3.72. The summed E-state index contributed by atoms with van der Waals surface area (Å²) in [6, 6.07) is 33.0. The summed E-state index contributed by atoms with van der Waals surface area (Å²) >= 11 is 0. The number of aliphatic hydroxyl groups is 1. The lowest BCUT2D eigenvalue weighted by atomic mass is 9.77. The smallest absolute Gasteiger partial charge is 0.150 e. The number of hydrogen-bond donors (Lipinski definition) is 1. The monoisotopic (exact) mass is 441 g/mol. The predicted molar refractivity (Wildman–Crippen MR) is 129 cm³/mol. The van der Waals surface area contributed by atoms with Gasteiger partial charge in [-0.05, 0) is 30.0 Å². The molecule has 33 heavy (non-hydrogen) atoms. The summed E-state index contributed by atoms with van der Waals surface area (Å²) in [6.45, 7) is 2.28. The quantitative estimate of drug-likeness (QED) is 0.442.